The minimum absolute atomic E-state index is 0.238. The highest BCUT2D eigenvalue weighted by Gasteiger charge is 2.12. The summed E-state index contributed by atoms with van der Waals surface area (Å²) in [5.74, 6) is -0.871. The van der Waals surface area contributed by atoms with Gasteiger partial charge in [-0.15, -0.1) is 0 Å². The summed E-state index contributed by atoms with van der Waals surface area (Å²) in [5, 5.41) is 0. The summed E-state index contributed by atoms with van der Waals surface area (Å²) in [5.41, 5.74) is 1.10. The van der Waals surface area contributed by atoms with Crippen LogP contribution >= 0.6 is 0 Å². The molecule has 1 aromatic heterocycles. The lowest BCUT2D eigenvalue weighted by atomic mass is 10.0. The van der Waals surface area contributed by atoms with E-state index in [1.807, 2.05) is 0 Å². The quantitative estimate of drug-likeness (QED) is 0.417. The Morgan fingerprint density at radius 3 is 2.00 bits per heavy atom. The molecule has 0 N–H and O–H groups in total. The van der Waals surface area contributed by atoms with Gasteiger partial charge in [0.25, 0.3) is 0 Å². The molecule has 0 aliphatic carbocycles. The lowest BCUT2D eigenvalue weighted by Crippen LogP contribution is -2.07. The van der Waals surface area contributed by atoms with Crippen molar-refractivity contribution in [3.05, 3.63) is 89.6 Å². The van der Waals surface area contributed by atoms with Gasteiger partial charge in [0.1, 0.15) is 17.8 Å². The molecule has 2 aromatic carbocycles. The van der Waals surface area contributed by atoms with E-state index in [-0.39, 0.29) is 5.78 Å². The van der Waals surface area contributed by atoms with Crippen molar-refractivity contribution in [1.29, 1.82) is 0 Å². The van der Waals surface area contributed by atoms with Gasteiger partial charge in [-0.05, 0) is 54.6 Å². The number of esters is 1. The van der Waals surface area contributed by atoms with Gasteiger partial charge in [-0.3, -0.25) is 4.79 Å². The number of rotatable bonds is 4. The summed E-state index contributed by atoms with van der Waals surface area (Å²) in [4.78, 5) is 24.0. The van der Waals surface area contributed by atoms with Gasteiger partial charge in [-0.2, -0.15) is 0 Å². The Kier molecular flexibility index (Phi) is 4.01. The smallest absolute Gasteiger partial charge is 0.346 e. The van der Waals surface area contributed by atoms with Gasteiger partial charge in [-0.25, -0.2) is 9.18 Å². The fraction of sp³-hybridized carbons (Fsp3) is 0. The maximum Gasteiger partial charge on any atom is 0.346 e. The van der Waals surface area contributed by atoms with Crippen LogP contribution in [0.15, 0.2) is 71.5 Å². The molecule has 0 saturated carbocycles. The van der Waals surface area contributed by atoms with Gasteiger partial charge in [0, 0.05) is 11.1 Å². The zero-order valence-corrected chi connectivity index (χ0v) is 11.9. The normalized spacial score (nSPS) is 10.3. The zero-order chi connectivity index (χ0) is 16.2. The molecule has 0 spiro atoms. The summed E-state index contributed by atoms with van der Waals surface area (Å²) in [7, 11) is 0. The second kappa shape index (κ2) is 6.27. The van der Waals surface area contributed by atoms with E-state index in [1.165, 1.54) is 55.0 Å². The summed E-state index contributed by atoms with van der Waals surface area (Å²) < 4.78 is 22.8. The number of furan rings is 1. The lowest BCUT2D eigenvalue weighted by Gasteiger charge is -2.05. The lowest BCUT2D eigenvalue weighted by molar-refractivity contribution is 0.0734. The van der Waals surface area contributed by atoms with E-state index in [0.717, 1.165) is 0 Å². The van der Waals surface area contributed by atoms with Crippen LogP contribution in [0.1, 0.15) is 26.3 Å². The molecule has 0 atom stereocenters. The molecule has 1 heterocycles. The fourth-order valence-electron chi connectivity index (χ4n) is 1.99. The molecular formula is C18H11FO4. The SMILES string of the molecule is O=C(Oc1ccc(C(=O)c2ccc(F)cc2)cc1)c1ccoc1. The predicted octanol–water partition coefficient (Wildman–Crippen LogP) is 3.87. The maximum atomic E-state index is 12.9. The third-order valence-electron chi connectivity index (χ3n) is 3.19. The Balaban J connectivity index is 1.73. The summed E-state index contributed by atoms with van der Waals surface area (Å²) in [6.07, 6.45) is 2.66. The van der Waals surface area contributed by atoms with Crippen LogP contribution in [0, 0.1) is 5.82 Å². The third kappa shape index (κ3) is 3.35. The number of carbonyl (C=O) groups is 2. The molecule has 3 rings (SSSR count). The molecule has 23 heavy (non-hydrogen) atoms. The van der Waals surface area contributed by atoms with Crippen molar-refractivity contribution in [2.75, 3.05) is 0 Å². The van der Waals surface area contributed by atoms with Crippen LogP contribution < -0.4 is 4.74 Å². The first-order chi connectivity index (χ1) is 11.1. The van der Waals surface area contributed by atoms with Gasteiger partial charge in [0.05, 0.1) is 11.8 Å². The molecule has 0 fully saturated rings. The number of hydrogen-bond acceptors (Lipinski definition) is 4. The molecule has 0 aliphatic heterocycles. The van der Waals surface area contributed by atoms with Crippen LogP contribution in [-0.4, -0.2) is 11.8 Å². The molecule has 0 radical (unpaired) electrons. The fourth-order valence-corrected chi connectivity index (χ4v) is 1.99. The molecule has 0 aliphatic rings. The first-order valence-corrected chi connectivity index (χ1v) is 6.78. The highest BCUT2D eigenvalue weighted by atomic mass is 19.1. The van der Waals surface area contributed by atoms with E-state index in [2.05, 4.69) is 0 Å². The van der Waals surface area contributed by atoms with Gasteiger partial charge >= 0.3 is 5.97 Å². The van der Waals surface area contributed by atoms with Gasteiger partial charge in [0.15, 0.2) is 5.78 Å². The second-order valence-electron chi connectivity index (χ2n) is 4.76. The van der Waals surface area contributed by atoms with Crippen molar-refractivity contribution in [3.63, 3.8) is 0 Å². The Labute approximate surface area is 131 Å². The van der Waals surface area contributed by atoms with Crippen LogP contribution in [0.5, 0.6) is 5.75 Å². The Morgan fingerprint density at radius 2 is 1.43 bits per heavy atom. The molecule has 3 aromatic rings. The van der Waals surface area contributed by atoms with Crippen LogP contribution in [-0.2, 0) is 0 Å². The van der Waals surface area contributed by atoms with Gasteiger partial charge in [-0.1, -0.05) is 0 Å². The van der Waals surface area contributed by atoms with Crippen LogP contribution in [0.4, 0.5) is 4.39 Å². The average molecular weight is 310 g/mol. The highest BCUT2D eigenvalue weighted by molar-refractivity contribution is 6.09. The minimum Gasteiger partial charge on any atom is -0.472 e. The maximum absolute atomic E-state index is 12.9. The van der Waals surface area contributed by atoms with E-state index in [1.54, 1.807) is 12.1 Å². The molecule has 0 unspecified atom stereocenters. The van der Waals surface area contributed by atoms with Crippen LogP contribution in [0.3, 0.4) is 0 Å². The number of ether oxygens (including phenoxy) is 1. The van der Waals surface area contributed by atoms with Crippen molar-refractivity contribution in [2.45, 2.75) is 0 Å². The minimum atomic E-state index is -0.545. The summed E-state index contributed by atoms with van der Waals surface area (Å²) in [6, 6.07) is 12.9. The number of hydrogen-bond donors (Lipinski definition) is 0. The van der Waals surface area contributed by atoms with Crippen molar-refractivity contribution < 1.29 is 23.1 Å². The summed E-state index contributed by atoms with van der Waals surface area (Å²) >= 11 is 0. The van der Waals surface area contributed by atoms with Crippen molar-refractivity contribution in [3.8, 4) is 5.75 Å². The standard InChI is InChI=1S/C18H11FO4/c19-15-5-1-12(2-6-15)17(20)13-3-7-16(8-4-13)23-18(21)14-9-10-22-11-14/h1-11H. The largest absolute Gasteiger partial charge is 0.472 e. The molecule has 4 nitrogen and oxygen atoms in total. The van der Waals surface area contributed by atoms with E-state index >= 15 is 0 Å². The van der Waals surface area contributed by atoms with Gasteiger partial charge < -0.3 is 9.15 Å². The monoisotopic (exact) mass is 310 g/mol. The van der Waals surface area contributed by atoms with E-state index < -0.39 is 11.8 Å². The second-order valence-corrected chi connectivity index (χ2v) is 4.76. The molecule has 114 valence electrons. The van der Waals surface area contributed by atoms with E-state index in [0.29, 0.717) is 22.4 Å². The van der Waals surface area contributed by atoms with Crippen LogP contribution in [0.25, 0.3) is 0 Å². The van der Waals surface area contributed by atoms with Crippen molar-refractivity contribution >= 4 is 11.8 Å². The van der Waals surface area contributed by atoms with Crippen molar-refractivity contribution in [1.82, 2.24) is 0 Å². The van der Waals surface area contributed by atoms with Crippen molar-refractivity contribution in [2.24, 2.45) is 0 Å². The average Bonchev–Trinajstić information content (AvgIpc) is 3.10. The van der Waals surface area contributed by atoms with Gasteiger partial charge in [0.2, 0.25) is 0 Å². The highest BCUT2D eigenvalue weighted by Crippen LogP contribution is 2.17. The molecule has 0 saturated heterocycles. The Bertz CT molecular complexity index is 818. The molecule has 0 bridgehead atoms. The van der Waals surface area contributed by atoms with E-state index in [4.69, 9.17) is 9.15 Å². The molecular weight excluding hydrogens is 299 g/mol. The Hall–Kier alpha value is -3.21. The Morgan fingerprint density at radius 1 is 0.826 bits per heavy atom. The van der Waals surface area contributed by atoms with Crippen LogP contribution in [0.2, 0.25) is 0 Å². The number of carbonyl (C=O) groups excluding carboxylic acids is 2. The topological polar surface area (TPSA) is 56.5 Å². The first kappa shape index (κ1) is 14.7. The summed E-state index contributed by atoms with van der Waals surface area (Å²) in [6.45, 7) is 0. The number of benzene rings is 2. The van der Waals surface area contributed by atoms with E-state index in [9.17, 15) is 14.0 Å². The number of halogens is 1. The number of ketones is 1. The first-order valence-electron chi connectivity index (χ1n) is 6.78. The molecule has 5 heteroatoms. The molecule has 0 amide bonds. The zero-order valence-electron chi connectivity index (χ0n) is 11.9. The third-order valence-corrected chi connectivity index (χ3v) is 3.19. The predicted molar refractivity (Wildman–Crippen MR) is 79.9 cm³/mol.